The molecule has 0 N–H and O–H groups in total. The molecule has 2 heterocycles. The molecule has 0 aliphatic carbocycles. The van der Waals surface area contributed by atoms with Gasteiger partial charge in [-0.15, -0.1) is 0 Å². The zero-order chi connectivity index (χ0) is 26.6. The maximum absolute atomic E-state index is 12.7. The Balaban J connectivity index is 1.42. The van der Waals surface area contributed by atoms with Crippen molar-refractivity contribution < 1.29 is 38.0 Å². The minimum absolute atomic E-state index is 0.0342. The van der Waals surface area contributed by atoms with Crippen LogP contribution in [0.25, 0.3) is 6.08 Å². The highest BCUT2D eigenvalue weighted by molar-refractivity contribution is 5.93. The monoisotopic (exact) mass is 510 g/mol. The van der Waals surface area contributed by atoms with Gasteiger partial charge < -0.3 is 28.4 Å². The fraction of sp³-hybridized carbons (Fsp3) is 0.448. The molecule has 4 rings (SSSR count). The molecule has 2 saturated heterocycles. The standard InChI is InChI=1S/C29H34O8/c1-19(16-20-12-8-6-9-13-20)26(30)32-17-22-24(36-28(2,3)34-22)25-23(35-29(4,5)37-25)18-33-27(31)21-14-10-7-11-15-21/h6-16,22-25H,17-18H2,1-5H3/b19-16+/t22-,23+,24+,25-/m0/s1. The van der Waals surface area contributed by atoms with E-state index >= 15 is 0 Å². The molecular formula is C29H34O8. The molecular weight excluding hydrogens is 476 g/mol. The van der Waals surface area contributed by atoms with Crippen molar-refractivity contribution in [2.24, 2.45) is 0 Å². The van der Waals surface area contributed by atoms with Crippen molar-refractivity contribution in [2.45, 2.75) is 70.6 Å². The first-order valence-electron chi connectivity index (χ1n) is 12.4. The van der Waals surface area contributed by atoms with Crippen molar-refractivity contribution in [1.29, 1.82) is 0 Å². The molecule has 198 valence electrons. The first kappa shape index (κ1) is 27.0. The number of esters is 2. The third-order valence-corrected chi connectivity index (χ3v) is 6.04. The van der Waals surface area contributed by atoms with Gasteiger partial charge in [0.1, 0.15) is 37.6 Å². The average Bonchev–Trinajstić information content (AvgIpc) is 3.35. The molecule has 2 aliphatic rings. The number of hydrogen-bond donors (Lipinski definition) is 0. The second-order valence-electron chi connectivity index (χ2n) is 10.1. The summed E-state index contributed by atoms with van der Waals surface area (Å²) in [5.74, 6) is -2.77. The second-order valence-corrected chi connectivity index (χ2v) is 10.1. The molecule has 2 aliphatic heterocycles. The molecule has 0 radical (unpaired) electrons. The van der Waals surface area contributed by atoms with Crippen LogP contribution >= 0.6 is 0 Å². The highest BCUT2D eigenvalue weighted by Crippen LogP contribution is 2.38. The average molecular weight is 511 g/mol. The van der Waals surface area contributed by atoms with E-state index in [1.807, 2.05) is 36.4 Å². The Hall–Kier alpha value is -3.04. The lowest BCUT2D eigenvalue weighted by Gasteiger charge is -2.26. The van der Waals surface area contributed by atoms with E-state index in [0.29, 0.717) is 11.1 Å². The number of benzene rings is 2. The number of hydrogen-bond acceptors (Lipinski definition) is 8. The van der Waals surface area contributed by atoms with Crippen molar-refractivity contribution in [1.82, 2.24) is 0 Å². The van der Waals surface area contributed by atoms with Crippen molar-refractivity contribution in [3.8, 4) is 0 Å². The second kappa shape index (κ2) is 11.1. The van der Waals surface area contributed by atoms with Crippen molar-refractivity contribution in [3.05, 3.63) is 77.4 Å². The van der Waals surface area contributed by atoms with E-state index in [-0.39, 0.29) is 13.2 Å². The zero-order valence-corrected chi connectivity index (χ0v) is 21.8. The largest absolute Gasteiger partial charge is 0.459 e. The third kappa shape index (κ3) is 7.05. The Bertz CT molecular complexity index is 1110. The van der Waals surface area contributed by atoms with E-state index in [1.54, 1.807) is 65.0 Å². The lowest BCUT2D eigenvalue weighted by atomic mass is 10.0. The van der Waals surface area contributed by atoms with Gasteiger partial charge >= 0.3 is 11.9 Å². The predicted molar refractivity (Wildman–Crippen MR) is 135 cm³/mol. The van der Waals surface area contributed by atoms with Gasteiger partial charge in [0.15, 0.2) is 11.6 Å². The Morgan fingerprint density at radius 3 is 1.78 bits per heavy atom. The number of rotatable bonds is 8. The minimum Gasteiger partial charge on any atom is -0.459 e. The SMILES string of the molecule is C/C(=C\c1ccccc1)C(=O)OC[C@@H]1OC(C)(C)O[C@H]1[C@H]1OC(C)(C)O[C@@H]1COC(=O)c1ccccc1. The molecule has 37 heavy (non-hydrogen) atoms. The molecule has 0 amide bonds. The molecule has 2 fully saturated rings. The van der Waals surface area contributed by atoms with Gasteiger partial charge in [-0.05, 0) is 58.4 Å². The van der Waals surface area contributed by atoms with Gasteiger partial charge in [-0.1, -0.05) is 48.5 Å². The van der Waals surface area contributed by atoms with Crippen LogP contribution in [-0.2, 0) is 33.2 Å². The molecule has 2 aromatic rings. The Kier molecular flexibility index (Phi) is 8.14. The smallest absolute Gasteiger partial charge is 0.338 e. The van der Waals surface area contributed by atoms with E-state index in [4.69, 9.17) is 28.4 Å². The van der Waals surface area contributed by atoms with Crippen LogP contribution in [-0.4, -0.2) is 61.1 Å². The van der Waals surface area contributed by atoms with Crippen LogP contribution in [0.4, 0.5) is 0 Å². The molecule has 2 aromatic carbocycles. The maximum Gasteiger partial charge on any atom is 0.338 e. The van der Waals surface area contributed by atoms with Gasteiger partial charge in [0.25, 0.3) is 0 Å². The van der Waals surface area contributed by atoms with Crippen LogP contribution in [0, 0.1) is 0 Å². The summed E-state index contributed by atoms with van der Waals surface area (Å²) in [4.78, 5) is 25.2. The molecule has 8 nitrogen and oxygen atoms in total. The van der Waals surface area contributed by atoms with Gasteiger partial charge in [0.05, 0.1) is 5.56 Å². The van der Waals surface area contributed by atoms with Gasteiger partial charge in [-0.25, -0.2) is 9.59 Å². The number of carbonyl (C=O) groups excluding carboxylic acids is 2. The number of ether oxygens (including phenoxy) is 6. The molecule has 0 unspecified atom stereocenters. The lowest BCUT2D eigenvalue weighted by molar-refractivity contribution is -0.175. The summed E-state index contributed by atoms with van der Waals surface area (Å²) in [6.07, 6.45) is -0.696. The van der Waals surface area contributed by atoms with Crippen LogP contribution in [0.15, 0.2) is 66.2 Å². The molecule has 0 bridgehead atoms. The van der Waals surface area contributed by atoms with Crippen molar-refractivity contribution in [3.63, 3.8) is 0 Å². The fourth-order valence-corrected chi connectivity index (χ4v) is 4.49. The van der Waals surface area contributed by atoms with E-state index in [9.17, 15) is 9.59 Å². The summed E-state index contributed by atoms with van der Waals surface area (Å²) in [6.45, 7) is 8.77. The van der Waals surface area contributed by atoms with Gasteiger partial charge in [-0.3, -0.25) is 0 Å². The minimum atomic E-state index is -0.933. The van der Waals surface area contributed by atoms with Crippen molar-refractivity contribution >= 4 is 18.0 Å². The fourth-order valence-electron chi connectivity index (χ4n) is 4.49. The maximum atomic E-state index is 12.7. The Labute approximate surface area is 217 Å². The Morgan fingerprint density at radius 2 is 1.24 bits per heavy atom. The highest BCUT2D eigenvalue weighted by atomic mass is 16.8. The van der Waals surface area contributed by atoms with E-state index in [0.717, 1.165) is 5.56 Å². The van der Waals surface area contributed by atoms with E-state index in [1.165, 1.54) is 0 Å². The molecule has 0 aromatic heterocycles. The van der Waals surface area contributed by atoms with Crippen LogP contribution in [0.3, 0.4) is 0 Å². The van der Waals surface area contributed by atoms with Crippen LogP contribution in [0.2, 0.25) is 0 Å². The normalized spacial score (nSPS) is 26.6. The summed E-state index contributed by atoms with van der Waals surface area (Å²) in [6, 6.07) is 18.3. The summed E-state index contributed by atoms with van der Waals surface area (Å²) in [7, 11) is 0. The lowest BCUT2D eigenvalue weighted by Crippen LogP contribution is -2.45. The Morgan fingerprint density at radius 1 is 0.757 bits per heavy atom. The molecule has 0 saturated carbocycles. The topological polar surface area (TPSA) is 89.5 Å². The van der Waals surface area contributed by atoms with Gasteiger partial charge in [0.2, 0.25) is 0 Å². The zero-order valence-electron chi connectivity index (χ0n) is 21.8. The van der Waals surface area contributed by atoms with Crippen LogP contribution in [0.5, 0.6) is 0 Å². The summed E-state index contributed by atoms with van der Waals surface area (Å²) in [5, 5.41) is 0. The highest BCUT2D eigenvalue weighted by Gasteiger charge is 2.54. The van der Waals surface area contributed by atoms with E-state index in [2.05, 4.69) is 0 Å². The van der Waals surface area contributed by atoms with E-state index < -0.39 is 47.9 Å². The van der Waals surface area contributed by atoms with Crippen LogP contribution in [0.1, 0.15) is 50.5 Å². The number of carbonyl (C=O) groups is 2. The molecule has 8 heteroatoms. The first-order valence-corrected chi connectivity index (χ1v) is 12.4. The summed E-state index contributed by atoms with van der Waals surface area (Å²) < 4.78 is 35.6. The predicted octanol–water partition coefficient (Wildman–Crippen LogP) is 4.53. The quantitative estimate of drug-likeness (QED) is 0.378. The molecule has 4 atom stereocenters. The molecule has 0 spiro atoms. The summed E-state index contributed by atoms with van der Waals surface area (Å²) in [5.41, 5.74) is 1.82. The van der Waals surface area contributed by atoms with Crippen LogP contribution < -0.4 is 0 Å². The first-order chi connectivity index (χ1) is 17.5. The summed E-state index contributed by atoms with van der Waals surface area (Å²) >= 11 is 0. The van der Waals surface area contributed by atoms with Gasteiger partial charge in [0, 0.05) is 5.57 Å². The third-order valence-electron chi connectivity index (χ3n) is 6.04. The van der Waals surface area contributed by atoms with Crippen molar-refractivity contribution in [2.75, 3.05) is 13.2 Å². The van der Waals surface area contributed by atoms with Gasteiger partial charge in [-0.2, -0.15) is 0 Å².